The van der Waals surface area contributed by atoms with Gasteiger partial charge in [0.15, 0.2) is 0 Å². The molecule has 0 radical (unpaired) electrons. The van der Waals surface area contributed by atoms with Crippen LogP contribution in [0.3, 0.4) is 0 Å². The summed E-state index contributed by atoms with van der Waals surface area (Å²) in [5.74, 6) is 1.21. The van der Waals surface area contributed by atoms with Crippen LogP contribution in [-0.2, 0) is 0 Å². The normalized spacial score (nSPS) is 19.7. The average molecular weight is 470 g/mol. The number of nitrogens with two attached hydrogens (primary N) is 2. The molecule has 2 aliphatic heterocycles. The van der Waals surface area contributed by atoms with Crippen LogP contribution in [0.2, 0.25) is 0 Å². The first-order valence-corrected chi connectivity index (χ1v) is 11.9. The molecular weight excluding hydrogens is 442 g/mol. The lowest BCUT2D eigenvalue weighted by atomic mass is 9.87. The van der Waals surface area contributed by atoms with Crippen LogP contribution in [0.25, 0.3) is 32.8 Å². The van der Waals surface area contributed by atoms with Crippen molar-refractivity contribution in [2.75, 3.05) is 31.2 Å². The number of fused-ring (bicyclic) bond motifs is 4. The number of nitrogen functional groups attached to an aromatic ring is 2. The molecule has 4 aromatic rings. The van der Waals surface area contributed by atoms with Crippen molar-refractivity contribution >= 4 is 39.3 Å². The zero-order chi connectivity index (χ0) is 24.3. The largest absolute Gasteiger partial charge is 0.492 e. The van der Waals surface area contributed by atoms with E-state index in [-0.39, 0.29) is 17.8 Å². The number of hydrogen-bond acceptors (Lipinski definition) is 7. The van der Waals surface area contributed by atoms with Crippen LogP contribution in [0, 0.1) is 0 Å². The van der Waals surface area contributed by atoms with E-state index in [9.17, 15) is 9.90 Å². The van der Waals surface area contributed by atoms with Crippen molar-refractivity contribution in [2.45, 2.75) is 31.8 Å². The van der Waals surface area contributed by atoms with E-state index in [1.807, 2.05) is 42.5 Å². The first-order valence-electron chi connectivity index (χ1n) is 11.9. The van der Waals surface area contributed by atoms with Crippen LogP contribution < -0.4 is 16.2 Å². The molecule has 35 heavy (non-hydrogen) atoms. The standard InChI is InChI=1S/C27H27N5O3/c1-14-13-35-24-22(14)20(11-21-23(24)25(28)31-27(29)30-21)18-8-9-19(17-7-3-2-6-16(17)18)26(34)32-10-4-5-15(33)12-32/h2-3,6-9,11,14-15,33H,4-5,10,12-13H2,1H3,(H4,28,29,30,31)/t14?,15-/m0/s1. The highest BCUT2D eigenvalue weighted by atomic mass is 16.5. The number of hydrogen-bond donors (Lipinski definition) is 3. The smallest absolute Gasteiger partial charge is 0.254 e. The number of aliphatic hydroxyl groups is 1. The average Bonchev–Trinajstić information content (AvgIpc) is 3.23. The number of ether oxygens (including phenoxy) is 1. The molecule has 3 aromatic carbocycles. The molecule has 3 heterocycles. The monoisotopic (exact) mass is 469 g/mol. The number of carbonyl (C=O) groups excluding carboxylic acids is 1. The predicted octanol–water partition coefficient (Wildman–Crippen LogP) is 3.71. The summed E-state index contributed by atoms with van der Waals surface area (Å²) in [6.07, 6.45) is 1.06. The maximum absolute atomic E-state index is 13.4. The van der Waals surface area contributed by atoms with Gasteiger partial charge in [-0.05, 0) is 46.9 Å². The summed E-state index contributed by atoms with van der Waals surface area (Å²) in [7, 11) is 0. The number of rotatable bonds is 2. The van der Waals surface area contributed by atoms with Gasteiger partial charge in [-0.25, -0.2) is 4.98 Å². The molecule has 2 aliphatic rings. The molecule has 8 nitrogen and oxygen atoms in total. The molecule has 0 bridgehead atoms. The lowest BCUT2D eigenvalue weighted by molar-refractivity contribution is 0.0475. The minimum Gasteiger partial charge on any atom is -0.492 e. The van der Waals surface area contributed by atoms with E-state index in [1.54, 1.807) is 4.90 Å². The summed E-state index contributed by atoms with van der Waals surface area (Å²) in [4.78, 5) is 23.8. The van der Waals surface area contributed by atoms with Gasteiger partial charge in [-0.2, -0.15) is 4.98 Å². The lowest BCUT2D eigenvalue weighted by Gasteiger charge is -2.30. The molecular formula is C27H27N5O3. The Balaban J connectivity index is 1.57. The van der Waals surface area contributed by atoms with Gasteiger partial charge in [-0.3, -0.25) is 4.79 Å². The molecule has 2 atom stereocenters. The fourth-order valence-corrected chi connectivity index (χ4v) is 5.51. The zero-order valence-corrected chi connectivity index (χ0v) is 19.5. The van der Waals surface area contributed by atoms with Crippen molar-refractivity contribution in [3.63, 3.8) is 0 Å². The molecule has 1 saturated heterocycles. The minimum absolute atomic E-state index is 0.0553. The third kappa shape index (κ3) is 3.44. The summed E-state index contributed by atoms with van der Waals surface area (Å²) in [6.45, 7) is 3.68. The molecule has 0 spiro atoms. The van der Waals surface area contributed by atoms with E-state index in [2.05, 4.69) is 16.9 Å². The molecule has 1 amide bonds. The molecule has 5 N–H and O–H groups in total. The Morgan fingerprint density at radius 2 is 1.91 bits per heavy atom. The van der Waals surface area contributed by atoms with Gasteiger partial charge < -0.3 is 26.2 Å². The maximum Gasteiger partial charge on any atom is 0.254 e. The fraction of sp³-hybridized carbons (Fsp3) is 0.296. The highest BCUT2D eigenvalue weighted by Gasteiger charge is 2.30. The topological polar surface area (TPSA) is 128 Å². The van der Waals surface area contributed by atoms with Gasteiger partial charge in [0.1, 0.15) is 11.6 Å². The first-order chi connectivity index (χ1) is 16.9. The number of β-amino-alcohol motifs (C(OH)–C–C–N with tert-alkyl or cyclic N) is 1. The Kier molecular flexibility index (Phi) is 5.00. The highest BCUT2D eigenvalue weighted by molar-refractivity contribution is 6.12. The van der Waals surface area contributed by atoms with Crippen molar-refractivity contribution in [3.05, 3.63) is 53.6 Å². The SMILES string of the molecule is CC1COc2c1c(-c1ccc(C(=O)N3CCC[C@H](O)C3)c3ccccc13)cc1nc(N)nc(N)c21. The highest BCUT2D eigenvalue weighted by Crippen LogP contribution is 2.48. The van der Waals surface area contributed by atoms with Gasteiger partial charge in [0.05, 0.1) is 23.6 Å². The van der Waals surface area contributed by atoms with E-state index in [1.165, 1.54) is 0 Å². The van der Waals surface area contributed by atoms with Gasteiger partial charge in [0.2, 0.25) is 5.95 Å². The third-order valence-electron chi connectivity index (χ3n) is 7.12. The second kappa shape index (κ2) is 8.09. The number of piperidine rings is 1. The van der Waals surface area contributed by atoms with Gasteiger partial charge in [0, 0.05) is 30.1 Å². The Morgan fingerprint density at radius 3 is 2.71 bits per heavy atom. The van der Waals surface area contributed by atoms with Crippen LogP contribution in [0.15, 0.2) is 42.5 Å². The number of benzene rings is 3. The number of amides is 1. The van der Waals surface area contributed by atoms with E-state index < -0.39 is 6.10 Å². The van der Waals surface area contributed by atoms with Crippen LogP contribution in [0.5, 0.6) is 5.75 Å². The Labute approximate surface area is 202 Å². The summed E-state index contributed by atoms with van der Waals surface area (Å²) in [6, 6.07) is 13.8. The maximum atomic E-state index is 13.4. The van der Waals surface area contributed by atoms with E-state index >= 15 is 0 Å². The second-order valence-electron chi connectivity index (χ2n) is 9.49. The molecule has 8 heteroatoms. The van der Waals surface area contributed by atoms with E-state index in [4.69, 9.17) is 16.2 Å². The Hall–Kier alpha value is -3.91. The molecule has 1 unspecified atom stereocenters. The van der Waals surface area contributed by atoms with Crippen molar-refractivity contribution < 1.29 is 14.6 Å². The first kappa shape index (κ1) is 21.6. The second-order valence-corrected chi connectivity index (χ2v) is 9.49. The minimum atomic E-state index is -0.471. The van der Waals surface area contributed by atoms with Crippen molar-refractivity contribution in [2.24, 2.45) is 0 Å². The predicted molar refractivity (Wildman–Crippen MR) is 136 cm³/mol. The van der Waals surface area contributed by atoms with Crippen molar-refractivity contribution in [1.29, 1.82) is 0 Å². The third-order valence-corrected chi connectivity index (χ3v) is 7.12. The lowest BCUT2D eigenvalue weighted by Crippen LogP contribution is -2.42. The Bertz CT molecular complexity index is 1500. The van der Waals surface area contributed by atoms with Crippen LogP contribution in [-0.4, -0.2) is 51.7 Å². The van der Waals surface area contributed by atoms with E-state index in [0.29, 0.717) is 47.7 Å². The number of aromatic nitrogens is 2. The molecule has 1 aromatic heterocycles. The number of aliphatic hydroxyl groups excluding tert-OH is 1. The van der Waals surface area contributed by atoms with Crippen LogP contribution >= 0.6 is 0 Å². The number of likely N-dealkylation sites (tertiary alicyclic amines) is 1. The van der Waals surface area contributed by atoms with Gasteiger partial charge in [-0.1, -0.05) is 37.3 Å². The molecule has 0 saturated carbocycles. The number of anilines is 2. The Morgan fingerprint density at radius 1 is 1.11 bits per heavy atom. The van der Waals surface area contributed by atoms with Gasteiger partial charge in [-0.15, -0.1) is 0 Å². The van der Waals surface area contributed by atoms with Crippen molar-refractivity contribution in [1.82, 2.24) is 14.9 Å². The quantitative estimate of drug-likeness (QED) is 0.408. The zero-order valence-electron chi connectivity index (χ0n) is 19.5. The van der Waals surface area contributed by atoms with E-state index in [0.717, 1.165) is 40.3 Å². The molecule has 1 fully saturated rings. The molecule has 6 rings (SSSR count). The summed E-state index contributed by atoms with van der Waals surface area (Å²) in [5.41, 5.74) is 16.4. The fourth-order valence-electron chi connectivity index (χ4n) is 5.51. The summed E-state index contributed by atoms with van der Waals surface area (Å²) >= 11 is 0. The molecule has 0 aliphatic carbocycles. The van der Waals surface area contributed by atoms with Crippen molar-refractivity contribution in [3.8, 4) is 16.9 Å². The number of carbonyl (C=O) groups is 1. The van der Waals surface area contributed by atoms with Gasteiger partial charge in [0.25, 0.3) is 5.91 Å². The molecule has 178 valence electrons. The number of nitrogens with zero attached hydrogens (tertiary/aromatic N) is 3. The van der Waals surface area contributed by atoms with Gasteiger partial charge >= 0.3 is 0 Å². The van der Waals surface area contributed by atoms with Crippen LogP contribution in [0.4, 0.5) is 11.8 Å². The summed E-state index contributed by atoms with van der Waals surface area (Å²) < 4.78 is 6.08. The van der Waals surface area contributed by atoms with Crippen LogP contribution in [0.1, 0.15) is 41.6 Å². The summed E-state index contributed by atoms with van der Waals surface area (Å²) in [5, 5.41) is 12.6.